The van der Waals surface area contributed by atoms with E-state index in [9.17, 15) is 24.6 Å². The monoisotopic (exact) mass is 542 g/mol. The van der Waals surface area contributed by atoms with Crippen molar-refractivity contribution in [3.63, 3.8) is 0 Å². The van der Waals surface area contributed by atoms with Gasteiger partial charge in [-0.05, 0) is 36.2 Å². The zero-order valence-electron chi connectivity index (χ0n) is 19.2. The number of carbonyl (C=O) groups is 3. The summed E-state index contributed by atoms with van der Waals surface area (Å²) in [5.41, 5.74) is -0.661. The van der Waals surface area contributed by atoms with Gasteiger partial charge in [0.2, 0.25) is 5.91 Å². The molecule has 0 saturated carbocycles. The minimum Gasteiger partial charge on any atom is -0.481 e. The summed E-state index contributed by atoms with van der Waals surface area (Å²) in [5.74, 6) is -4.04. The number of rotatable bonds is 7. The quantitative estimate of drug-likeness (QED) is 0.411. The number of alkyl halides is 1. The molecule has 3 saturated heterocycles. The van der Waals surface area contributed by atoms with E-state index in [1.807, 2.05) is 42.5 Å². The van der Waals surface area contributed by atoms with Gasteiger partial charge >= 0.3 is 5.97 Å². The zero-order valence-corrected chi connectivity index (χ0v) is 20.8. The Balaban J connectivity index is 1.62. The predicted molar refractivity (Wildman–Crippen MR) is 133 cm³/mol. The molecule has 1 unspecified atom stereocenters. The summed E-state index contributed by atoms with van der Waals surface area (Å²) in [7, 11) is 0. The van der Waals surface area contributed by atoms with Crippen LogP contribution in [0.4, 0.5) is 5.69 Å². The van der Waals surface area contributed by atoms with Gasteiger partial charge in [0.1, 0.15) is 11.6 Å². The Morgan fingerprint density at radius 2 is 2.03 bits per heavy atom. The molecule has 2 N–H and O–H groups in total. The summed E-state index contributed by atoms with van der Waals surface area (Å²) < 4.78 is 6.29. The van der Waals surface area contributed by atoms with Crippen molar-refractivity contribution in [3.8, 4) is 0 Å². The van der Waals surface area contributed by atoms with Crippen molar-refractivity contribution >= 4 is 50.2 Å². The van der Waals surface area contributed by atoms with Crippen LogP contribution >= 0.6 is 15.9 Å². The number of aliphatic hydroxyl groups excluding tert-OH is 1. The molecule has 9 heteroatoms. The SMILES string of the molecule is C=CCN(C(=O)[C@H]1N([C@H](C)CO)C(=O)[C@@H]2[C@@H](C(=O)O)[C@@H]3O[C@@]21CC3Br)c1ccc2ccccc2c1. The van der Waals surface area contributed by atoms with Gasteiger partial charge in [0, 0.05) is 17.1 Å². The average Bonchev–Trinajstić information content (AvgIpc) is 3.44. The van der Waals surface area contributed by atoms with E-state index in [4.69, 9.17) is 4.74 Å². The Morgan fingerprint density at radius 3 is 2.69 bits per heavy atom. The summed E-state index contributed by atoms with van der Waals surface area (Å²) >= 11 is 3.54. The molecule has 3 fully saturated rings. The number of hydrogen-bond acceptors (Lipinski definition) is 5. The highest BCUT2D eigenvalue weighted by Crippen LogP contribution is 2.60. The molecular formula is C26H27BrN2O6. The first-order valence-electron chi connectivity index (χ1n) is 11.6. The number of likely N-dealkylation sites (tertiary alicyclic amines) is 1. The molecule has 184 valence electrons. The number of carbonyl (C=O) groups excluding carboxylic acids is 2. The van der Waals surface area contributed by atoms with E-state index in [0.29, 0.717) is 12.1 Å². The summed E-state index contributed by atoms with van der Waals surface area (Å²) in [6, 6.07) is 11.7. The lowest BCUT2D eigenvalue weighted by atomic mass is 9.70. The van der Waals surface area contributed by atoms with Crippen LogP contribution in [0, 0.1) is 11.8 Å². The largest absolute Gasteiger partial charge is 0.481 e. The highest BCUT2D eigenvalue weighted by atomic mass is 79.9. The second kappa shape index (κ2) is 8.72. The number of hydrogen-bond donors (Lipinski definition) is 2. The molecule has 0 aliphatic carbocycles. The van der Waals surface area contributed by atoms with Gasteiger partial charge in [-0.3, -0.25) is 14.4 Å². The zero-order chi connectivity index (χ0) is 25.1. The Kier molecular flexibility index (Phi) is 5.97. The third-order valence-corrected chi connectivity index (χ3v) is 8.45. The van der Waals surface area contributed by atoms with E-state index in [0.717, 1.165) is 10.8 Å². The fourth-order valence-corrected chi connectivity index (χ4v) is 7.08. The lowest BCUT2D eigenvalue weighted by Crippen LogP contribution is -2.58. The maximum absolute atomic E-state index is 14.3. The maximum Gasteiger partial charge on any atom is 0.310 e. The average molecular weight is 543 g/mol. The number of nitrogens with zero attached hydrogens (tertiary/aromatic N) is 2. The molecule has 3 heterocycles. The third kappa shape index (κ3) is 3.43. The normalized spacial score (nSPS) is 32.0. The molecule has 8 nitrogen and oxygen atoms in total. The van der Waals surface area contributed by atoms with E-state index in [-0.39, 0.29) is 23.9 Å². The summed E-state index contributed by atoms with van der Waals surface area (Å²) in [4.78, 5) is 42.8. The second-order valence-corrected chi connectivity index (χ2v) is 10.7. The van der Waals surface area contributed by atoms with Gasteiger partial charge < -0.3 is 24.7 Å². The number of aliphatic carboxylic acids is 1. The molecule has 2 amide bonds. The Hall–Kier alpha value is -2.75. The Morgan fingerprint density at radius 1 is 1.31 bits per heavy atom. The molecule has 3 aliphatic heterocycles. The highest BCUT2D eigenvalue weighted by Gasteiger charge is 2.77. The number of aliphatic hydroxyl groups is 1. The molecule has 0 aromatic heterocycles. The number of amides is 2. The highest BCUT2D eigenvalue weighted by molar-refractivity contribution is 9.09. The Labute approximate surface area is 211 Å². The second-order valence-electron chi connectivity index (χ2n) is 9.55. The number of ether oxygens (including phenoxy) is 1. The van der Waals surface area contributed by atoms with Crippen LogP contribution in [0.3, 0.4) is 0 Å². The van der Waals surface area contributed by atoms with Crippen molar-refractivity contribution in [2.24, 2.45) is 11.8 Å². The molecule has 2 aromatic rings. The number of fused-ring (bicyclic) bond motifs is 2. The standard InChI is InChI=1S/C26H27BrN2O6/c1-3-10-28(17-9-8-15-6-4-5-7-16(15)11-17)24(32)22-26-12-18(27)21(35-26)19(25(33)34)20(26)23(31)29(22)14(2)13-30/h3-9,11,14,18-22,30H,1,10,12-13H2,2H3,(H,33,34)/t14-,18?,19-,20+,21-,22-,26+/m1/s1. The van der Waals surface area contributed by atoms with Crippen LogP contribution in [-0.2, 0) is 19.1 Å². The maximum atomic E-state index is 14.3. The summed E-state index contributed by atoms with van der Waals surface area (Å²) in [6.07, 6.45) is 1.22. The number of carboxylic acids is 1. The van der Waals surface area contributed by atoms with Gasteiger partial charge in [0.25, 0.3) is 5.91 Å². The summed E-state index contributed by atoms with van der Waals surface area (Å²) in [6.45, 7) is 5.28. The van der Waals surface area contributed by atoms with Crippen LogP contribution < -0.4 is 4.90 Å². The lowest BCUT2D eigenvalue weighted by Gasteiger charge is -2.38. The van der Waals surface area contributed by atoms with E-state index in [2.05, 4.69) is 22.5 Å². The van der Waals surface area contributed by atoms with E-state index in [1.165, 1.54) is 4.90 Å². The first-order chi connectivity index (χ1) is 16.7. The molecule has 1 spiro atoms. The molecule has 7 atom stereocenters. The molecule has 5 rings (SSSR count). The fraction of sp³-hybridized carbons (Fsp3) is 0.423. The van der Waals surface area contributed by atoms with Crippen LogP contribution in [-0.4, -0.2) is 74.7 Å². The van der Waals surface area contributed by atoms with Gasteiger partial charge in [-0.15, -0.1) is 6.58 Å². The minimum atomic E-state index is -1.30. The van der Waals surface area contributed by atoms with Crippen LogP contribution in [0.15, 0.2) is 55.1 Å². The van der Waals surface area contributed by atoms with Crippen LogP contribution in [0.2, 0.25) is 0 Å². The minimum absolute atomic E-state index is 0.188. The van der Waals surface area contributed by atoms with Gasteiger partial charge in [-0.2, -0.15) is 0 Å². The number of anilines is 1. The molecule has 2 aromatic carbocycles. The van der Waals surface area contributed by atoms with Crippen molar-refractivity contribution in [3.05, 3.63) is 55.1 Å². The third-order valence-electron chi connectivity index (χ3n) is 7.61. The Bertz CT molecular complexity index is 1220. The van der Waals surface area contributed by atoms with E-state index >= 15 is 0 Å². The van der Waals surface area contributed by atoms with Crippen LogP contribution in [0.1, 0.15) is 13.3 Å². The molecule has 35 heavy (non-hydrogen) atoms. The fourth-order valence-electron chi connectivity index (χ4n) is 6.14. The van der Waals surface area contributed by atoms with Gasteiger partial charge in [-0.1, -0.05) is 52.3 Å². The number of carboxylic acid groups (broad SMARTS) is 1. The smallest absolute Gasteiger partial charge is 0.310 e. The van der Waals surface area contributed by atoms with Crippen molar-refractivity contribution in [2.45, 2.75) is 42.0 Å². The van der Waals surface area contributed by atoms with Gasteiger partial charge in [0.05, 0.1) is 30.6 Å². The van der Waals surface area contributed by atoms with Gasteiger partial charge in [-0.25, -0.2) is 0 Å². The molecule has 2 bridgehead atoms. The lowest BCUT2D eigenvalue weighted by molar-refractivity contribution is -0.150. The van der Waals surface area contributed by atoms with Crippen molar-refractivity contribution in [1.82, 2.24) is 4.90 Å². The van der Waals surface area contributed by atoms with Crippen molar-refractivity contribution < 1.29 is 29.3 Å². The van der Waals surface area contributed by atoms with E-state index in [1.54, 1.807) is 17.9 Å². The predicted octanol–water partition coefficient (Wildman–Crippen LogP) is 2.57. The van der Waals surface area contributed by atoms with Crippen molar-refractivity contribution in [1.29, 1.82) is 0 Å². The van der Waals surface area contributed by atoms with E-state index < -0.39 is 47.5 Å². The van der Waals surface area contributed by atoms with Crippen molar-refractivity contribution in [2.75, 3.05) is 18.1 Å². The first kappa shape index (κ1) is 24.0. The number of halogens is 1. The molecule has 0 radical (unpaired) electrons. The van der Waals surface area contributed by atoms with Crippen LogP contribution in [0.25, 0.3) is 10.8 Å². The topological polar surface area (TPSA) is 107 Å². The van der Waals surface area contributed by atoms with Crippen LogP contribution in [0.5, 0.6) is 0 Å². The molecule has 3 aliphatic rings. The summed E-state index contributed by atoms with van der Waals surface area (Å²) in [5, 5.41) is 21.9. The number of benzene rings is 2. The molecular weight excluding hydrogens is 516 g/mol. The first-order valence-corrected chi connectivity index (χ1v) is 12.6. The van der Waals surface area contributed by atoms with Gasteiger partial charge in [0.15, 0.2) is 0 Å².